The van der Waals surface area contributed by atoms with E-state index in [1.165, 1.54) is 12.1 Å². The van der Waals surface area contributed by atoms with E-state index in [-0.39, 0.29) is 17.8 Å². The molecule has 1 aliphatic rings. The zero-order valence-electron chi connectivity index (χ0n) is 10.9. The number of benzene rings is 1. The third-order valence-electron chi connectivity index (χ3n) is 3.71. The van der Waals surface area contributed by atoms with Gasteiger partial charge in [0, 0.05) is 24.2 Å². The van der Waals surface area contributed by atoms with Gasteiger partial charge in [-0.2, -0.15) is 0 Å². The minimum atomic E-state index is -0.833. The molecule has 0 radical (unpaired) electrons. The number of fused-ring (bicyclic) bond motifs is 1. The predicted molar refractivity (Wildman–Crippen MR) is 68.4 cm³/mol. The smallest absolute Gasteiger partial charge is 0.306 e. The first-order valence-electron chi connectivity index (χ1n) is 6.20. The summed E-state index contributed by atoms with van der Waals surface area (Å²) in [5.74, 6) is -1.78. The van der Waals surface area contributed by atoms with Crippen molar-refractivity contribution in [3.8, 4) is 0 Å². The van der Waals surface area contributed by atoms with Crippen molar-refractivity contribution in [1.29, 1.82) is 0 Å². The maximum atomic E-state index is 13.4. The minimum Gasteiger partial charge on any atom is -0.481 e. The molecule has 0 spiro atoms. The van der Waals surface area contributed by atoms with Gasteiger partial charge in [-0.05, 0) is 37.6 Å². The number of nitrogens with zero attached hydrogens (tertiary/aromatic N) is 1. The lowest BCUT2D eigenvalue weighted by Crippen LogP contribution is -2.31. The first kappa shape index (κ1) is 12.9. The van der Waals surface area contributed by atoms with Gasteiger partial charge in [-0.3, -0.25) is 4.79 Å². The lowest BCUT2D eigenvalue weighted by molar-refractivity contribution is -0.141. The fourth-order valence-corrected chi connectivity index (χ4v) is 2.58. The highest BCUT2D eigenvalue weighted by Gasteiger charge is 2.36. The summed E-state index contributed by atoms with van der Waals surface area (Å²) in [7, 11) is 0. The second kappa shape index (κ2) is 4.59. The van der Waals surface area contributed by atoms with E-state index in [0.29, 0.717) is 6.54 Å². The van der Waals surface area contributed by atoms with E-state index in [4.69, 9.17) is 5.11 Å². The summed E-state index contributed by atoms with van der Waals surface area (Å²) in [5.41, 5.74) is 1.78. The Labute approximate surface area is 106 Å². The van der Waals surface area contributed by atoms with Crippen LogP contribution in [0.1, 0.15) is 32.3 Å². The number of anilines is 1. The first-order valence-corrected chi connectivity index (χ1v) is 6.20. The number of hydrogen-bond acceptors (Lipinski definition) is 2. The molecule has 0 saturated carbocycles. The fourth-order valence-electron chi connectivity index (χ4n) is 2.58. The number of carbonyl (C=O) groups is 1. The molecule has 98 valence electrons. The van der Waals surface area contributed by atoms with Gasteiger partial charge >= 0.3 is 5.97 Å². The van der Waals surface area contributed by atoms with Crippen LogP contribution in [0.5, 0.6) is 0 Å². The van der Waals surface area contributed by atoms with Gasteiger partial charge in [0.25, 0.3) is 0 Å². The molecule has 0 aliphatic carbocycles. The van der Waals surface area contributed by atoms with Crippen LogP contribution in [0.4, 0.5) is 10.1 Å². The second-order valence-electron chi connectivity index (χ2n) is 5.18. The van der Waals surface area contributed by atoms with E-state index in [1.54, 1.807) is 13.0 Å². The Hall–Kier alpha value is -1.58. The van der Waals surface area contributed by atoms with Crippen LogP contribution in [0, 0.1) is 11.7 Å². The molecule has 2 rings (SSSR count). The summed E-state index contributed by atoms with van der Waals surface area (Å²) in [6.45, 7) is 6.44. The van der Waals surface area contributed by atoms with E-state index in [9.17, 15) is 9.18 Å². The lowest BCUT2D eigenvalue weighted by Gasteiger charge is -2.25. The van der Waals surface area contributed by atoms with Crippen LogP contribution in [-0.4, -0.2) is 23.7 Å². The lowest BCUT2D eigenvalue weighted by atomic mass is 9.89. The number of hydrogen-bond donors (Lipinski definition) is 1. The van der Waals surface area contributed by atoms with Gasteiger partial charge in [-0.15, -0.1) is 0 Å². The van der Waals surface area contributed by atoms with Crippen molar-refractivity contribution in [2.45, 2.75) is 32.7 Å². The van der Waals surface area contributed by atoms with Crippen molar-refractivity contribution in [2.24, 2.45) is 5.92 Å². The Morgan fingerprint density at radius 2 is 2.11 bits per heavy atom. The van der Waals surface area contributed by atoms with Crippen LogP contribution in [0.25, 0.3) is 0 Å². The van der Waals surface area contributed by atoms with Crippen molar-refractivity contribution in [3.63, 3.8) is 0 Å². The molecule has 0 saturated heterocycles. The second-order valence-corrected chi connectivity index (χ2v) is 5.18. The predicted octanol–water partition coefficient (Wildman–Crippen LogP) is 2.86. The molecule has 4 heteroatoms. The average molecular weight is 251 g/mol. The summed E-state index contributed by atoms with van der Waals surface area (Å²) >= 11 is 0. The van der Waals surface area contributed by atoms with Crippen LogP contribution in [0.2, 0.25) is 0 Å². The van der Waals surface area contributed by atoms with Crippen LogP contribution < -0.4 is 4.90 Å². The van der Waals surface area contributed by atoms with Crippen LogP contribution in [0.15, 0.2) is 18.2 Å². The van der Waals surface area contributed by atoms with Crippen LogP contribution in [-0.2, 0) is 4.79 Å². The Kier molecular flexibility index (Phi) is 3.28. The summed E-state index contributed by atoms with van der Waals surface area (Å²) in [5, 5.41) is 9.15. The number of halogens is 1. The van der Waals surface area contributed by atoms with Gasteiger partial charge in [0.1, 0.15) is 5.82 Å². The maximum Gasteiger partial charge on any atom is 0.306 e. The third-order valence-corrected chi connectivity index (χ3v) is 3.71. The van der Waals surface area contributed by atoms with Gasteiger partial charge in [0.05, 0.1) is 5.92 Å². The Morgan fingerprint density at radius 1 is 1.44 bits per heavy atom. The molecule has 2 unspecified atom stereocenters. The monoisotopic (exact) mass is 251 g/mol. The largest absolute Gasteiger partial charge is 0.481 e. The Morgan fingerprint density at radius 3 is 2.67 bits per heavy atom. The SMILES string of the molecule is CC(C(=O)O)C1CN(C(C)C)c2ccc(F)cc21. The molecule has 0 amide bonds. The third kappa shape index (κ3) is 2.07. The van der Waals surface area contributed by atoms with Crippen molar-refractivity contribution < 1.29 is 14.3 Å². The number of aliphatic carboxylic acids is 1. The van der Waals surface area contributed by atoms with Crippen molar-refractivity contribution >= 4 is 11.7 Å². The molecule has 1 N–H and O–H groups in total. The molecular formula is C14H18FNO2. The number of carboxylic acid groups (broad SMARTS) is 1. The zero-order chi connectivity index (χ0) is 13.4. The minimum absolute atomic E-state index is 0.143. The van der Waals surface area contributed by atoms with Crippen molar-refractivity contribution in [3.05, 3.63) is 29.6 Å². The van der Waals surface area contributed by atoms with Crippen molar-refractivity contribution in [1.82, 2.24) is 0 Å². The number of carboxylic acids is 1. The van der Waals surface area contributed by atoms with Gasteiger partial charge < -0.3 is 10.0 Å². The normalized spacial score (nSPS) is 20.1. The highest BCUT2D eigenvalue weighted by Crippen LogP contribution is 2.41. The molecule has 2 atom stereocenters. The van der Waals surface area contributed by atoms with Gasteiger partial charge in [0.2, 0.25) is 0 Å². The molecular weight excluding hydrogens is 233 g/mol. The van der Waals surface area contributed by atoms with Crippen LogP contribution >= 0.6 is 0 Å². The summed E-state index contributed by atoms with van der Waals surface area (Å²) in [6.07, 6.45) is 0. The van der Waals surface area contributed by atoms with Gasteiger partial charge in [-0.25, -0.2) is 4.39 Å². The first-order chi connectivity index (χ1) is 8.41. The van der Waals surface area contributed by atoms with E-state index in [1.807, 2.05) is 0 Å². The van der Waals surface area contributed by atoms with E-state index < -0.39 is 11.9 Å². The summed E-state index contributed by atoms with van der Waals surface area (Å²) in [4.78, 5) is 13.3. The molecule has 3 nitrogen and oxygen atoms in total. The molecule has 0 bridgehead atoms. The van der Waals surface area contributed by atoms with E-state index in [0.717, 1.165) is 11.3 Å². The molecule has 1 aliphatic heterocycles. The molecule has 1 aromatic carbocycles. The fraction of sp³-hybridized carbons (Fsp3) is 0.500. The van der Waals surface area contributed by atoms with Gasteiger partial charge in [0.15, 0.2) is 0 Å². The van der Waals surface area contributed by atoms with Crippen LogP contribution in [0.3, 0.4) is 0 Å². The maximum absolute atomic E-state index is 13.4. The zero-order valence-corrected chi connectivity index (χ0v) is 10.9. The molecule has 0 fully saturated rings. The highest BCUT2D eigenvalue weighted by molar-refractivity contribution is 5.73. The summed E-state index contributed by atoms with van der Waals surface area (Å²) < 4.78 is 13.4. The molecule has 1 heterocycles. The highest BCUT2D eigenvalue weighted by atomic mass is 19.1. The van der Waals surface area contributed by atoms with Crippen molar-refractivity contribution in [2.75, 3.05) is 11.4 Å². The Balaban J connectivity index is 2.44. The molecule has 0 aromatic heterocycles. The summed E-state index contributed by atoms with van der Waals surface area (Å²) in [6, 6.07) is 4.93. The van der Waals surface area contributed by atoms with Gasteiger partial charge in [-0.1, -0.05) is 6.92 Å². The standard InChI is InChI=1S/C14H18FNO2/c1-8(2)16-7-12(9(3)14(17)18)11-6-10(15)4-5-13(11)16/h4-6,8-9,12H,7H2,1-3H3,(H,17,18). The van der Waals surface area contributed by atoms with E-state index in [2.05, 4.69) is 18.7 Å². The van der Waals surface area contributed by atoms with E-state index >= 15 is 0 Å². The molecule has 18 heavy (non-hydrogen) atoms. The average Bonchev–Trinajstić information content (AvgIpc) is 2.66. The quantitative estimate of drug-likeness (QED) is 0.898. The number of rotatable bonds is 3. The topological polar surface area (TPSA) is 40.5 Å². The Bertz CT molecular complexity index is 473. The molecule has 1 aromatic rings.